The van der Waals surface area contributed by atoms with Crippen molar-refractivity contribution in [2.75, 3.05) is 6.54 Å². The van der Waals surface area contributed by atoms with Crippen LogP contribution in [0, 0.1) is 17.1 Å². The minimum atomic E-state index is -1.02. The third-order valence-corrected chi connectivity index (χ3v) is 3.22. The molecule has 5 nitrogen and oxygen atoms in total. The van der Waals surface area contributed by atoms with E-state index >= 15 is 0 Å². The fourth-order valence-electron chi connectivity index (χ4n) is 2.27. The van der Waals surface area contributed by atoms with Gasteiger partial charge in [-0.15, -0.1) is 0 Å². The molecule has 0 radical (unpaired) electrons. The van der Waals surface area contributed by atoms with Gasteiger partial charge in [-0.2, -0.15) is 5.26 Å². The number of hydrogen-bond acceptors (Lipinski definition) is 4. The standard InChI is InChI=1S/C13H13FN2O3/c14-11-3-8(5-15)1-2-9(11)6-16-7-10(17)4-12(16)13(18)19/h1-3,10,12,17H,4,6-7H2,(H,18,19). The molecule has 0 bridgehead atoms. The maximum absolute atomic E-state index is 13.7. The number of carbonyl (C=O) groups is 1. The molecule has 0 amide bonds. The van der Waals surface area contributed by atoms with E-state index in [0.29, 0.717) is 5.56 Å². The van der Waals surface area contributed by atoms with Crippen LogP contribution in [0.15, 0.2) is 18.2 Å². The molecule has 0 aliphatic carbocycles. The van der Waals surface area contributed by atoms with Gasteiger partial charge in [0.05, 0.1) is 17.7 Å². The molecule has 0 saturated carbocycles. The highest BCUT2D eigenvalue weighted by Gasteiger charge is 2.36. The molecule has 0 aromatic heterocycles. The molecule has 2 unspecified atom stereocenters. The van der Waals surface area contributed by atoms with Crippen LogP contribution in [0.25, 0.3) is 0 Å². The summed E-state index contributed by atoms with van der Waals surface area (Å²) in [6, 6.07) is 5.11. The van der Waals surface area contributed by atoms with Crippen LogP contribution in [-0.2, 0) is 11.3 Å². The molecule has 1 aromatic carbocycles. The minimum Gasteiger partial charge on any atom is -0.480 e. The summed E-state index contributed by atoms with van der Waals surface area (Å²) in [5.74, 6) is -1.56. The summed E-state index contributed by atoms with van der Waals surface area (Å²) < 4.78 is 13.7. The number of aliphatic hydroxyl groups excluding tert-OH is 1. The highest BCUT2D eigenvalue weighted by Crippen LogP contribution is 2.22. The average molecular weight is 264 g/mol. The van der Waals surface area contributed by atoms with Gasteiger partial charge in [-0.1, -0.05) is 6.07 Å². The Balaban J connectivity index is 2.17. The van der Waals surface area contributed by atoms with Crippen molar-refractivity contribution in [3.8, 4) is 6.07 Å². The molecule has 1 aliphatic heterocycles. The molecular formula is C13H13FN2O3. The molecule has 1 saturated heterocycles. The Hall–Kier alpha value is -1.97. The molecular weight excluding hydrogens is 251 g/mol. The lowest BCUT2D eigenvalue weighted by Crippen LogP contribution is -2.35. The molecule has 2 atom stereocenters. The van der Waals surface area contributed by atoms with E-state index in [1.165, 1.54) is 17.0 Å². The number of likely N-dealkylation sites (tertiary alicyclic amines) is 1. The van der Waals surface area contributed by atoms with E-state index in [4.69, 9.17) is 10.4 Å². The van der Waals surface area contributed by atoms with Gasteiger partial charge in [-0.25, -0.2) is 4.39 Å². The number of nitriles is 1. The molecule has 6 heteroatoms. The lowest BCUT2D eigenvalue weighted by Gasteiger charge is -2.20. The quantitative estimate of drug-likeness (QED) is 0.840. The van der Waals surface area contributed by atoms with Gasteiger partial charge in [0.15, 0.2) is 0 Å². The molecule has 2 rings (SSSR count). The molecule has 100 valence electrons. The van der Waals surface area contributed by atoms with Crippen LogP contribution in [0.1, 0.15) is 17.5 Å². The molecule has 1 aliphatic rings. The average Bonchev–Trinajstić information content (AvgIpc) is 2.73. The maximum atomic E-state index is 13.7. The number of halogens is 1. The van der Waals surface area contributed by atoms with E-state index in [1.54, 1.807) is 0 Å². The number of benzene rings is 1. The molecule has 1 aromatic rings. The summed E-state index contributed by atoms with van der Waals surface area (Å²) >= 11 is 0. The summed E-state index contributed by atoms with van der Waals surface area (Å²) in [6.07, 6.45) is -0.560. The van der Waals surface area contributed by atoms with Crippen LogP contribution in [0.2, 0.25) is 0 Å². The van der Waals surface area contributed by atoms with Gasteiger partial charge in [0.2, 0.25) is 0 Å². The number of β-amino-alcohol motifs (C(OH)–C–C–N with tert-alkyl or cyclic N) is 1. The van der Waals surface area contributed by atoms with Gasteiger partial charge in [-0.05, 0) is 12.1 Å². The van der Waals surface area contributed by atoms with Crippen molar-refractivity contribution in [1.82, 2.24) is 4.90 Å². The summed E-state index contributed by atoms with van der Waals surface area (Å²) in [7, 11) is 0. The van der Waals surface area contributed by atoms with Gasteiger partial charge in [0, 0.05) is 25.1 Å². The Morgan fingerprint density at radius 3 is 2.89 bits per heavy atom. The first kappa shape index (κ1) is 13.5. The molecule has 2 N–H and O–H groups in total. The first-order valence-corrected chi connectivity index (χ1v) is 5.84. The van der Waals surface area contributed by atoms with Crippen molar-refractivity contribution in [3.05, 3.63) is 35.1 Å². The zero-order chi connectivity index (χ0) is 14.0. The highest BCUT2D eigenvalue weighted by molar-refractivity contribution is 5.74. The van der Waals surface area contributed by atoms with E-state index in [0.717, 1.165) is 6.07 Å². The summed E-state index contributed by atoms with van der Waals surface area (Å²) in [5, 5.41) is 27.2. The number of carboxylic acid groups (broad SMARTS) is 1. The minimum absolute atomic E-state index is 0.103. The normalized spacial score (nSPS) is 23.2. The monoisotopic (exact) mass is 264 g/mol. The lowest BCUT2D eigenvalue weighted by molar-refractivity contribution is -0.142. The number of hydrogen-bond donors (Lipinski definition) is 2. The van der Waals surface area contributed by atoms with Gasteiger partial charge in [0.1, 0.15) is 11.9 Å². The third-order valence-electron chi connectivity index (χ3n) is 3.22. The Labute approximate surface area is 109 Å². The molecule has 1 heterocycles. The predicted octanol–water partition coefficient (Wildman–Crippen LogP) is 0.717. The molecule has 0 spiro atoms. The van der Waals surface area contributed by atoms with Crippen LogP contribution in [0.3, 0.4) is 0 Å². The number of carboxylic acids is 1. The van der Waals surface area contributed by atoms with Crippen molar-refractivity contribution in [1.29, 1.82) is 5.26 Å². The van der Waals surface area contributed by atoms with E-state index in [2.05, 4.69) is 0 Å². The van der Waals surface area contributed by atoms with Gasteiger partial charge in [0.25, 0.3) is 0 Å². The first-order valence-electron chi connectivity index (χ1n) is 5.84. The fraction of sp³-hybridized carbons (Fsp3) is 0.385. The largest absolute Gasteiger partial charge is 0.480 e. The zero-order valence-electron chi connectivity index (χ0n) is 10.1. The topological polar surface area (TPSA) is 84.6 Å². The molecule has 1 fully saturated rings. The van der Waals surface area contributed by atoms with Crippen LogP contribution >= 0.6 is 0 Å². The predicted molar refractivity (Wildman–Crippen MR) is 63.6 cm³/mol. The van der Waals surface area contributed by atoms with Gasteiger partial charge in [-0.3, -0.25) is 9.69 Å². The van der Waals surface area contributed by atoms with Gasteiger partial charge < -0.3 is 10.2 Å². The van der Waals surface area contributed by atoms with E-state index < -0.39 is 23.9 Å². The number of nitrogens with zero attached hydrogens (tertiary/aromatic N) is 2. The SMILES string of the molecule is N#Cc1ccc(CN2CC(O)CC2C(=O)O)c(F)c1. The van der Waals surface area contributed by atoms with Crippen molar-refractivity contribution >= 4 is 5.97 Å². The van der Waals surface area contributed by atoms with Crippen molar-refractivity contribution < 1.29 is 19.4 Å². The lowest BCUT2D eigenvalue weighted by atomic mass is 10.1. The van der Waals surface area contributed by atoms with Crippen LogP contribution in [0.5, 0.6) is 0 Å². The number of rotatable bonds is 3. The second kappa shape index (κ2) is 5.34. The van der Waals surface area contributed by atoms with E-state index in [-0.39, 0.29) is 25.1 Å². The van der Waals surface area contributed by atoms with Crippen LogP contribution < -0.4 is 0 Å². The summed E-state index contributed by atoms with van der Waals surface area (Å²) in [5.41, 5.74) is 0.539. The third kappa shape index (κ3) is 2.89. The van der Waals surface area contributed by atoms with E-state index in [1.807, 2.05) is 6.07 Å². The first-order chi connectivity index (χ1) is 9.01. The summed E-state index contributed by atoms with van der Waals surface area (Å²) in [6.45, 7) is 0.308. The Kier molecular flexibility index (Phi) is 3.79. The van der Waals surface area contributed by atoms with Crippen molar-refractivity contribution in [2.45, 2.75) is 25.1 Å². The maximum Gasteiger partial charge on any atom is 0.321 e. The number of aliphatic carboxylic acids is 1. The fourth-order valence-corrected chi connectivity index (χ4v) is 2.27. The van der Waals surface area contributed by atoms with Crippen molar-refractivity contribution in [2.24, 2.45) is 0 Å². The van der Waals surface area contributed by atoms with Crippen LogP contribution in [0.4, 0.5) is 4.39 Å². The highest BCUT2D eigenvalue weighted by atomic mass is 19.1. The second-order valence-electron chi connectivity index (χ2n) is 4.59. The Bertz CT molecular complexity index is 541. The Morgan fingerprint density at radius 1 is 1.58 bits per heavy atom. The zero-order valence-corrected chi connectivity index (χ0v) is 10.1. The number of aliphatic hydroxyl groups is 1. The van der Waals surface area contributed by atoms with Crippen LogP contribution in [-0.4, -0.2) is 39.8 Å². The second-order valence-corrected chi connectivity index (χ2v) is 4.59. The Morgan fingerprint density at radius 2 is 2.32 bits per heavy atom. The van der Waals surface area contributed by atoms with Crippen molar-refractivity contribution in [3.63, 3.8) is 0 Å². The van der Waals surface area contributed by atoms with E-state index in [9.17, 15) is 14.3 Å². The van der Waals surface area contributed by atoms with Gasteiger partial charge >= 0.3 is 5.97 Å². The smallest absolute Gasteiger partial charge is 0.321 e. The molecule has 19 heavy (non-hydrogen) atoms. The summed E-state index contributed by atoms with van der Waals surface area (Å²) in [4.78, 5) is 12.6.